The Hall–Kier alpha value is -4.11. The quantitative estimate of drug-likeness (QED) is 0.222. The van der Waals surface area contributed by atoms with Gasteiger partial charge in [0, 0.05) is 25.2 Å². The van der Waals surface area contributed by atoms with Crippen LogP contribution in [0.25, 0.3) is 11.0 Å². The number of allylic oxidation sites excluding steroid dienone is 1. The number of benzene rings is 1. The van der Waals surface area contributed by atoms with Gasteiger partial charge >= 0.3 is 0 Å². The second-order valence-corrected chi connectivity index (χ2v) is 13.3. The van der Waals surface area contributed by atoms with Crippen LogP contribution in [0.2, 0.25) is 0 Å². The van der Waals surface area contributed by atoms with E-state index in [9.17, 15) is 28.4 Å². The number of imidazole rings is 1. The Morgan fingerprint density at radius 2 is 1.93 bits per heavy atom. The highest BCUT2D eigenvalue weighted by molar-refractivity contribution is 7.14. The van der Waals surface area contributed by atoms with Gasteiger partial charge in [0.2, 0.25) is 5.95 Å². The van der Waals surface area contributed by atoms with Crippen molar-refractivity contribution in [2.75, 3.05) is 18.4 Å². The number of fused-ring (bicyclic) bond motifs is 1. The van der Waals surface area contributed by atoms with Crippen molar-refractivity contribution in [3.63, 3.8) is 0 Å². The van der Waals surface area contributed by atoms with Crippen molar-refractivity contribution in [2.45, 2.75) is 66.5 Å². The van der Waals surface area contributed by atoms with Crippen LogP contribution in [0.5, 0.6) is 0 Å². The Balaban J connectivity index is 1.69. The van der Waals surface area contributed by atoms with Gasteiger partial charge in [0.25, 0.3) is 24.1 Å². The first-order valence-electron chi connectivity index (χ1n) is 14.2. The van der Waals surface area contributed by atoms with Crippen LogP contribution in [-0.2, 0) is 11.3 Å². The van der Waals surface area contributed by atoms with Gasteiger partial charge in [-0.15, -0.1) is 11.3 Å². The molecule has 1 atom stereocenters. The van der Waals surface area contributed by atoms with Crippen LogP contribution in [0.15, 0.2) is 42.0 Å². The minimum absolute atomic E-state index is 0.0247. The highest BCUT2D eigenvalue weighted by Crippen LogP contribution is 2.30. The van der Waals surface area contributed by atoms with Gasteiger partial charge in [-0.2, -0.15) is 5.26 Å². The molecular weight excluding hydrogens is 574 g/mol. The number of halogens is 2. The SMILES string of the molecule is CC(C)C=C(C#N)C(=O)N1CCC[C@@H]1Cn1c(NC(=O)c2ccc(C(F)F)s2)nc2cc(C(=O)NCC(C)(C)C)ccc21. The van der Waals surface area contributed by atoms with Gasteiger partial charge in [0.1, 0.15) is 11.6 Å². The fourth-order valence-electron chi connectivity index (χ4n) is 4.90. The number of nitrogens with zero attached hydrogens (tertiary/aromatic N) is 4. The lowest BCUT2D eigenvalue weighted by Crippen LogP contribution is -2.39. The molecule has 12 heteroatoms. The van der Waals surface area contributed by atoms with E-state index < -0.39 is 12.3 Å². The number of thiophene rings is 1. The normalized spacial score (nSPS) is 15.8. The molecule has 3 heterocycles. The third-order valence-corrected chi connectivity index (χ3v) is 8.05. The average molecular weight is 611 g/mol. The fraction of sp³-hybridized carbons (Fsp3) is 0.452. The summed E-state index contributed by atoms with van der Waals surface area (Å²) in [6.07, 6.45) is 0.383. The Labute approximate surface area is 253 Å². The van der Waals surface area contributed by atoms with Crippen LogP contribution < -0.4 is 10.6 Å². The number of anilines is 1. The van der Waals surface area contributed by atoms with Crippen LogP contribution in [0, 0.1) is 22.7 Å². The fourth-order valence-corrected chi connectivity index (χ4v) is 5.66. The lowest BCUT2D eigenvalue weighted by atomic mass is 9.97. The van der Waals surface area contributed by atoms with Gasteiger partial charge < -0.3 is 14.8 Å². The zero-order valence-corrected chi connectivity index (χ0v) is 25.7. The summed E-state index contributed by atoms with van der Waals surface area (Å²) in [6, 6.07) is 9.35. The molecule has 0 bridgehead atoms. The van der Waals surface area contributed by atoms with E-state index in [1.807, 2.05) is 40.7 Å². The molecule has 4 rings (SSSR count). The number of nitrogens with one attached hydrogen (secondary N) is 2. The average Bonchev–Trinajstić information content (AvgIpc) is 3.69. The van der Waals surface area contributed by atoms with Gasteiger partial charge in [-0.25, -0.2) is 13.8 Å². The zero-order valence-electron chi connectivity index (χ0n) is 24.9. The molecular formula is C31H36F2N6O3S. The van der Waals surface area contributed by atoms with Crippen molar-refractivity contribution in [1.82, 2.24) is 19.8 Å². The molecule has 0 unspecified atom stereocenters. The molecule has 0 radical (unpaired) electrons. The Morgan fingerprint density at radius 3 is 2.56 bits per heavy atom. The molecule has 2 aromatic heterocycles. The van der Waals surface area contributed by atoms with Crippen molar-refractivity contribution in [2.24, 2.45) is 11.3 Å². The summed E-state index contributed by atoms with van der Waals surface area (Å²) >= 11 is 0.701. The van der Waals surface area contributed by atoms with E-state index >= 15 is 0 Å². The number of carbonyl (C=O) groups is 3. The number of hydrogen-bond donors (Lipinski definition) is 2. The van der Waals surface area contributed by atoms with Crippen LogP contribution in [0.1, 0.15) is 78.8 Å². The molecule has 228 valence electrons. The Bertz CT molecular complexity index is 1590. The highest BCUT2D eigenvalue weighted by Gasteiger charge is 2.32. The number of amides is 3. The second kappa shape index (κ2) is 13.0. The first kappa shape index (κ1) is 31.8. The first-order chi connectivity index (χ1) is 20.3. The molecule has 1 saturated heterocycles. The largest absolute Gasteiger partial charge is 0.352 e. The standard InChI is InChI=1S/C31H36F2N6O3S/c1-18(2)13-20(15-34)29(42)38-12-6-7-21(38)16-39-23-9-8-19(27(40)35-17-31(3,4)5)14-22(23)36-30(39)37-28(41)25-11-10-24(43-25)26(32)33/h8-11,13-14,18,21,26H,6-7,12,16-17H2,1-5H3,(H,35,40)(H,36,37,41)/t21-/m1/s1. The summed E-state index contributed by atoms with van der Waals surface area (Å²) < 4.78 is 28.1. The Kier molecular flexibility index (Phi) is 9.65. The maximum Gasteiger partial charge on any atom is 0.272 e. The molecule has 1 aromatic carbocycles. The maximum absolute atomic E-state index is 13.3. The third-order valence-electron chi connectivity index (χ3n) is 6.96. The van der Waals surface area contributed by atoms with E-state index in [1.54, 1.807) is 33.7 Å². The summed E-state index contributed by atoms with van der Waals surface area (Å²) in [5.41, 5.74) is 1.45. The lowest BCUT2D eigenvalue weighted by molar-refractivity contribution is -0.127. The molecule has 3 aromatic rings. The summed E-state index contributed by atoms with van der Waals surface area (Å²) in [5, 5.41) is 15.3. The predicted molar refractivity (Wildman–Crippen MR) is 162 cm³/mol. The molecule has 3 amide bonds. The topological polar surface area (TPSA) is 120 Å². The summed E-state index contributed by atoms with van der Waals surface area (Å²) in [5.74, 6) is -1.01. The minimum atomic E-state index is -2.69. The van der Waals surface area contributed by atoms with E-state index in [0.29, 0.717) is 47.4 Å². The maximum atomic E-state index is 13.3. The number of hydrogen-bond acceptors (Lipinski definition) is 6. The summed E-state index contributed by atoms with van der Waals surface area (Å²) in [7, 11) is 0. The number of alkyl halides is 2. The highest BCUT2D eigenvalue weighted by atomic mass is 32.1. The number of rotatable bonds is 9. The molecule has 1 aliphatic heterocycles. The molecule has 0 saturated carbocycles. The molecule has 9 nitrogen and oxygen atoms in total. The smallest absolute Gasteiger partial charge is 0.272 e. The van der Waals surface area contributed by atoms with E-state index in [2.05, 4.69) is 15.6 Å². The van der Waals surface area contributed by atoms with Gasteiger partial charge in [0.15, 0.2) is 0 Å². The number of carbonyl (C=O) groups excluding carboxylic acids is 3. The van der Waals surface area contributed by atoms with Gasteiger partial charge in [0.05, 0.1) is 26.8 Å². The van der Waals surface area contributed by atoms with E-state index in [0.717, 1.165) is 6.42 Å². The molecule has 0 aliphatic carbocycles. The summed E-state index contributed by atoms with van der Waals surface area (Å²) in [6.45, 7) is 11.1. The van der Waals surface area contributed by atoms with Crippen molar-refractivity contribution in [3.05, 3.63) is 57.3 Å². The molecule has 0 spiro atoms. The molecule has 1 aliphatic rings. The first-order valence-corrected chi connectivity index (χ1v) is 15.0. The minimum Gasteiger partial charge on any atom is -0.352 e. The lowest BCUT2D eigenvalue weighted by Gasteiger charge is -2.26. The van der Waals surface area contributed by atoms with E-state index in [1.165, 1.54) is 12.1 Å². The van der Waals surface area contributed by atoms with E-state index in [-0.39, 0.29) is 57.0 Å². The third kappa shape index (κ3) is 7.65. The molecule has 43 heavy (non-hydrogen) atoms. The van der Waals surface area contributed by atoms with Crippen molar-refractivity contribution < 1.29 is 23.2 Å². The monoisotopic (exact) mass is 610 g/mol. The van der Waals surface area contributed by atoms with Crippen molar-refractivity contribution >= 4 is 46.0 Å². The van der Waals surface area contributed by atoms with Crippen LogP contribution in [-0.4, -0.2) is 51.3 Å². The summed E-state index contributed by atoms with van der Waals surface area (Å²) in [4.78, 5) is 45.5. The predicted octanol–water partition coefficient (Wildman–Crippen LogP) is 6.16. The van der Waals surface area contributed by atoms with Gasteiger partial charge in [-0.05, 0) is 54.5 Å². The Morgan fingerprint density at radius 1 is 1.19 bits per heavy atom. The van der Waals surface area contributed by atoms with Crippen LogP contribution >= 0.6 is 11.3 Å². The zero-order chi connectivity index (χ0) is 31.5. The number of nitriles is 1. The van der Waals surface area contributed by atoms with Crippen LogP contribution in [0.3, 0.4) is 0 Å². The van der Waals surface area contributed by atoms with Crippen LogP contribution in [0.4, 0.5) is 14.7 Å². The number of aromatic nitrogens is 2. The van der Waals surface area contributed by atoms with Gasteiger partial charge in [-0.1, -0.05) is 40.7 Å². The van der Waals surface area contributed by atoms with Crippen molar-refractivity contribution in [1.29, 1.82) is 5.26 Å². The van der Waals surface area contributed by atoms with Crippen molar-refractivity contribution in [3.8, 4) is 6.07 Å². The van der Waals surface area contributed by atoms with E-state index in [4.69, 9.17) is 0 Å². The van der Waals surface area contributed by atoms with Gasteiger partial charge in [-0.3, -0.25) is 19.7 Å². The second-order valence-electron chi connectivity index (χ2n) is 12.2. The molecule has 1 fully saturated rings. The number of likely N-dealkylation sites (tertiary alicyclic amines) is 1. The molecule has 2 N–H and O–H groups in total.